The van der Waals surface area contributed by atoms with Crippen molar-refractivity contribution in [2.24, 2.45) is 0 Å². The molecule has 0 bridgehead atoms. The Hall–Kier alpha value is 0.194. The molecule has 0 aliphatic carbocycles. The number of nitrogens with one attached hydrogen (secondary N) is 1. The van der Waals surface area contributed by atoms with E-state index in [0.717, 1.165) is 58.2 Å². The van der Waals surface area contributed by atoms with Crippen LogP contribution in [0.15, 0.2) is 0 Å². The SMILES string of the molecule is CCCOC(OCCC)[SiH2]C(CC)NC(CC)[Si](OCCC)(OCCC)OCCC. The van der Waals surface area contributed by atoms with Crippen molar-refractivity contribution in [1.29, 1.82) is 0 Å². The zero-order valence-corrected chi connectivity index (χ0v) is 23.4. The van der Waals surface area contributed by atoms with E-state index in [1.807, 2.05) is 0 Å². The van der Waals surface area contributed by atoms with Gasteiger partial charge in [-0.15, -0.1) is 0 Å². The molecule has 0 aromatic carbocycles. The van der Waals surface area contributed by atoms with Crippen LogP contribution < -0.4 is 5.32 Å². The molecule has 0 saturated carbocycles. The minimum absolute atomic E-state index is 0.0411. The van der Waals surface area contributed by atoms with Crippen LogP contribution in [0.3, 0.4) is 0 Å². The first-order chi connectivity index (χ1) is 14.6. The highest BCUT2D eigenvalue weighted by molar-refractivity contribution is 6.62. The molecule has 0 aromatic rings. The molecule has 6 nitrogen and oxygen atoms in total. The Balaban J connectivity index is 5.40. The van der Waals surface area contributed by atoms with Gasteiger partial charge >= 0.3 is 8.80 Å². The molecule has 182 valence electrons. The molecule has 0 heterocycles. The van der Waals surface area contributed by atoms with E-state index in [-0.39, 0.29) is 11.6 Å². The largest absolute Gasteiger partial charge is 0.518 e. The number of rotatable bonds is 22. The fraction of sp³-hybridized carbons (Fsp3) is 1.00. The first-order valence-electron chi connectivity index (χ1n) is 12.5. The summed E-state index contributed by atoms with van der Waals surface area (Å²) in [6.45, 7) is 18.7. The van der Waals surface area contributed by atoms with Crippen molar-refractivity contribution in [3.8, 4) is 0 Å². The van der Waals surface area contributed by atoms with E-state index in [2.05, 4.69) is 53.8 Å². The number of hydrogen-bond acceptors (Lipinski definition) is 6. The second kappa shape index (κ2) is 19.8. The molecule has 0 amide bonds. The van der Waals surface area contributed by atoms with Crippen LogP contribution in [0.5, 0.6) is 0 Å². The Bertz CT molecular complexity index is 350. The molecule has 0 fully saturated rings. The Morgan fingerprint density at radius 3 is 1.40 bits per heavy atom. The maximum atomic E-state index is 6.40. The molecule has 1 N–H and O–H groups in total. The molecule has 0 saturated heterocycles. The molecule has 8 heteroatoms. The van der Waals surface area contributed by atoms with E-state index >= 15 is 0 Å². The standard InChI is InChI=1S/C22H51NO5Si2/c1-8-15-24-22(25-16-9-2)29-20(13-6)23-21(14-7)30(26-17-10-3,27-18-11-4)28-19-12-5/h20-23H,8-19,29H2,1-7H3. The summed E-state index contributed by atoms with van der Waals surface area (Å²) >= 11 is 0. The highest BCUT2D eigenvalue weighted by atomic mass is 28.4. The van der Waals surface area contributed by atoms with E-state index in [4.69, 9.17) is 22.8 Å². The van der Waals surface area contributed by atoms with Gasteiger partial charge in [-0.05, 0) is 50.6 Å². The van der Waals surface area contributed by atoms with Crippen LogP contribution in [0.25, 0.3) is 0 Å². The normalized spacial score (nSPS) is 14.8. The van der Waals surface area contributed by atoms with Crippen LogP contribution in [0, 0.1) is 0 Å². The van der Waals surface area contributed by atoms with Gasteiger partial charge in [-0.25, -0.2) is 0 Å². The van der Waals surface area contributed by atoms with E-state index in [1.54, 1.807) is 0 Å². The molecule has 0 rings (SSSR count). The summed E-state index contributed by atoms with van der Waals surface area (Å²) in [6, 6.07) is 0. The van der Waals surface area contributed by atoms with Crippen LogP contribution in [0.4, 0.5) is 0 Å². The average molecular weight is 466 g/mol. The Kier molecular flexibility index (Phi) is 20.0. The lowest BCUT2D eigenvalue weighted by Crippen LogP contribution is -2.64. The zero-order valence-electron chi connectivity index (χ0n) is 21.0. The van der Waals surface area contributed by atoms with Crippen molar-refractivity contribution in [3.05, 3.63) is 0 Å². The fourth-order valence-corrected chi connectivity index (χ4v) is 8.50. The first kappa shape index (κ1) is 30.2. The predicted molar refractivity (Wildman–Crippen MR) is 131 cm³/mol. The minimum Gasteiger partial charge on any atom is -0.373 e. The summed E-state index contributed by atoms with van der Waals surface area (Å²) in [5, 5.41) is 3.89. The van der Waals surface area contributed by atoms with E-state index < -0.39 is 18.3 Å². The summed E-state index contributed by atoms with van der Waals surface area (Å²) in [5.74, 6) is -0.0411. The minimum atomic E-state index is -2.84. The van der Waals surface area contributed by atoms with Crippen molar-refractivity contribution in [2.75, 3.05) is 33.0 Å². The second-order valence-electron chi connectivity index (χ2n) is 7.79. The zero-order chi connectivity index (χ0) is 22.7. The Labute approximate surface area is 190 Å². The van der Waals surface area contributed by atoms with Crippen molar-refractivity contribution in [2.45, 2.75) is 111 Å². The van der Waals surface area contributed by atoms with Gasteiger partial charge in [0.15, 0.2) is 0 Å². The third-order valence-corrected chi connectivity index (χ3v) is 10.3. The topological polar surface area (TPSA) is 58.2 Å². The third kappa shape index (κ3) is 12.3. The van der Waals surface area contributed by atoms with Crippen molar-refractivity contribution < 1.29 is 22.8 Å². The number of ether oxygens (including phenoxy) is 2. The molecule has 0 aromatic heterocycles. The van der Waals surface area contributed by atoms with Crippen molar-refractivity contribution in [1.82, 2.24) is 5.32 Å². The van der Waals surface area contributed by atoms with Gasteiger partial charge in [-0.1, -0.05) is 48.5 Å². The smallest absolute Gasteiger partial charge is 0.373 e. The predicted octanol–water partition coefficient (Wildman–Crippen LogP) is 4.15. The molecular formula is C22H51NO5Si2. The summed E-state index contributed by atoms with van der Waals surface area (Å²) in [5.41, 5.74) is 0.485. The van der Waals surface area contributed by atoms with E-state index in [9.17, 15) is 0 Å². The van der Waals surface area contributed by atoms with Crippen LogP contribution in [0.1, 0.15) is 93.4 Å². The maximum absolute atomic E-state index is 6.40. The van der Waals surface area contributed by atoms with Gasteiger partial charge in [0.1, 0.15) is 15.4 Å². The van der Waals surface area contributed by atoms with Crippen LogP contribution in [-0.2, 0) is 22.8 Å². The third-order valence-electron chi connectivity index (χ3n) is 4.78. The Morgan fingerprint density at radius 1 is 0.633 bits per heavy atom. The molecule has 2 unspecified atom stereocenters. The van der Waals surface area contributed by atoms with Gasteiger partial charge in [0, 0.05) is 33.0 Å². The van der Waals surface area contributed by atoms with E-state index in [1.165, 1.54) is 0 Å². The quantitative estimate of drug-likeness (QED) is 0.191. The highest BCUT2D eigenvalue weighted by Gasteiger charge is 2.49. The number of hydrogen-bond donors (Lipinski definition) is 1. The molecule has 0 radical (unpaired) electrons. The summed E-state index contributed by atoms with van der Waals surface area (Å²) in [4.78, 5) is 0. The first-order valence-corrected chi connectivity index (χ1v) is 15.9. The van der Waals surface area contributed by atoms with Crippen molar-refractivity contribution in [3.63, 3.8) is 0 Å². The maximum Gasteiger partial charge on any atom is 0.518 e. The summed E-state index contributed by atoms with van der Waals surface area (Å²) in [6.07, 6.45) is 6.87. The Morgan fingerprint density at radius 2 is 1.07 bits per heavy atom. The lowest BCUT2D eigenvalue weighted by molar-refractivity contribution is -0.0913. The summed E-state index contributed by atoms with van der Waals surface area (Å²) in [7, 11) is -3.51. The average Bonchev–Trinajstić information content (AvgIpc) is 2.77. The fourth-order valence-electron chi connectivity index (χ4n) is 3.18. The molecule has 30 heavy (non-hydrogen) atoms. The van der Waals surface area contributed by atoms with Gasteiger partial charge in [0.25, 0.3) is 0 Å². The van der Waals surface area contributed by atoms with Gasteiger partial charge in [-0.3, -0.25) is 0 Å². The molecule has 0 aliphatic heterocycles. The summed E-state index contributed by atoms with van der Waals surface area (Å²) < 4.78 is 31.3. The highest BCUT2D eigenvalue weighted by Crippen LogP contribution is 2.20. The lowest BCUT2D eigenvalue weighted by Gasteiger charge is -2.38. The van der Waals surface area contributed by atoms with Crippen molar-refractivity contribution >= 4 is 18.3 Å². The lowest BCUT2D eigenvalue weighted by atomic mass is 10.4. The van der Waals surface area contributed by atoms with Gasteiger partial charge in [0.2, 0.25) is 0 Å². The molecule has 0 spiro atoms. The van der Waals surface area contributed by atoms with Crippen LogP contribution >= 0.6 is 0 Å². The molecular weight excluding hydrogens is 414 g/mol. The van der Waals surface area contributed by atoms with E-state index in [0.29, 0.717) is 25.5 Å². The molecule has 2 atom stereocenters. The second-order valence-corrected chi connectivity index (χ2v) is 12.7. The van der Waals surface area contributed by atoms with Gasteiger partial charge in [-0.2, -0.15) is 0 Å². The van der Waals surface area contributed by atoms with Crippen LogP contribution in [-0.4, -0.2) is 68.6 Å². The monoisotopic (exact) mass is 465 g/mol. The van der Waals surface area contributed by atoms with Gasteiger partial charge in [0.05, 0.1) is 5.67 Å². The van der Waals surface area contributed by atoms with Gasteiger partial charge < -0.3 is 28.1 Å². The molecule has 0 aliphatic rings. The van der Waals surface area contributed by atoms with Crippen LogP contribution in [0.2, 0.25) is 0 Å².